The molecule has 0 saturated carbocycles. The second-order valence-electron chi connectivity index (χ2n) is 8.23. The lowest BCUT2D eigenvalue weighted by Crippen LogP contribution is -2.39. The Morgan fingerprint density at radius 3 is 2.21 bits per heavy atom. The first-order valence-electron chi connectivity index (χ1n) is 11.0. The normalized spacial score (nSPS) is 11.8. The summed E-state index contributed by atoms with van der Waals surface area (Å²) in [5, 5.41) is 0.329. The molecule has 1 amide bonds. The number of ketones is 1. The van der Waals surface area contributed by atoms with Crippen LogP contribution in [0, 0.1) is 5.92 Å². The summed E-state index contributed by atoms with van der Waals surface area (Å²) < 4.78 is 0.898. The van der Waals surface area contributed by atoms with Gasteiger partial charge in [-0.1, -0.05) is 60.7 Å². The number of aromatic nitrogens is 2. The van der Waals surface area contributed by atoms with Crippen molar-refractivity contribution in [2.24, 2.45) is 5.92 Å². The molecule has 0 saturated heterocycles. The molecule has 1 N–H and O–H groups in total. The lowest BCUT2D eigenvalue weighted by Gasteiger charge is -2.24. The van der Waals surface area contributed by atoms with Gasteiger partial charge in [-0.05, 0) is 36.2 Å². The number of anilines is 1. The van der Waals surface area contributed by atoms with Gasteiger partial charge in [0.15, 0.2) is 5.78 Å². The molecule has 0 fully saturated rings. The number of nitrogens with zero attached hydrogens (tertiary/aromatic N) is 2. The van der Waals surface area contributed by atoms with Crippen molar-refractivity contribution in [1.82, 2.24) is 9.55 Å². The van der Waals surface area contributed by atoms with Gasteiger partial charge >= 0.3 is 5.69 Å². The van der Waals surface area contributed by atoms with Gasteiger partial charge in [-0.25, -0.2) is 4.79 Å². The first-order chi connectivity index (χ1) is 16.4. The van der Waals surface area contributed by atoms with Crippen LogP contribution in [0.2, 0.25) is 0 Å². The molecule has 1 aromatic heterocycles. The maximum atomic E-state index is 13.4. The summed E-state index contributed by atoms with van der Waals surface area (Å²) >= 11 is 0. The van der Waals surface area contributed by atoms with Crippen LogP contribution >= 0.6 is 0 Å². The summed E-state index contributed by atoms with van der Waals surface area (Å²) in [6.45, 7) is -0.396. The summed E-state index contributed by atoms with van der Waals surface area (Å²) in [6.07, 6.45) is 0.273. The van der Waals surface area contributed by atoms with Gasteiger partial charge in [0, 0.05) is 25.1 Å². The lowest BCUT2D eigenvalue weighted by molar-refractivity contribution is -0.127. The molecule has 7 nitrogen and oxygen atoms in total. The Morgan fingerprint density at radius 1 is 0.882 bits per heavy atom. The zero-order valence-corrected chi connectivity index (χ0v) is 18.8. The summed E-state index contributed by atoms with van der Waals surface area (Å²) in [6, 6.07) is 25.3. The SMILES string of the molecule is CN(C(=O)[C@@H](CC(=O)Cn1c(=O)[nH]c2ccccc2c1=O)Cc1ccccc1)c1ccccc1. The third-order valence-corrected chi connectivity index (χ3v) is 5.85. The predicted octanol–water partition coefficient (Wildman–Crippen LogP) is 3.17. The number of hydrogen-bond donors (Lipinski definition) is 1. The number of para-hydroxylation sites is 2. The Bertz CT molecular complexity index is 1430. The van der Waals surface area contributed by atoms with E-state index in [-0.39, 0.29) is 18.1 Å². The van der Waals surface area contributed by atoms with Gasteiger partial charge in [-0.15, -0.1) is 0 Å². The topological polar surface area (TPSA) is 92.2 Å². The van der Waals surface area contributed by atoms with Crippen LogP contribution in [0.15, 0.2) is 94.5 Å². The first-order valence-corrected chi connectivity index (χ1v) is 11.0. The molecule has 3 aromatic carbocycles. The Hall–Kier alpha value is -4.26. The molecule has 1 atom stereocenters. The minimum atomic E-state index is -0.649. The first kappa shape index (κ1) is 22.9. The van der Waals surface area contributed by atoms with E-state index in [2.05, 4.69) is 4.98 Å². The fourth-order valence-electron chi connectivity index (χ4n) is 4.06. The van der Waals surface area contributed by atoms with Gasteiger partial charge < -0.3 is 9.88 Å². The average Bonchev–Trinajstić information content (AvgIpc) is 2.86. The number of aromatic amines is 1. The molecule has 0 unspecified atom stereocenters. The summed E-state index contributed by atoms with van der Waals surface area (Å²) in [7, 11) is 1.68. The van der Waals surface area contributed by atoms with E-state index in [9.17, 15) is 19.2 Å². The van der Waals surface area contributed by atoms with Crippen LogP contribution < -0.4 is 16.1 Å². The molecule has 7 heteroatoms. The lowest BCUT2D eigenvalue weighted by atomic mass is 9.92. The van der Waals surface area contributed by atoms with Crippen LogP contribution in [0.5, 0.6) is 0 Å². The molecule has 0 aliphatic carbocycles. The Balaban J connectivity index is 1.59. The number of Topliss-reactive ketones (excluding diaryl/α,β-unsaturated/α-hetero) is 1. The number of H-pyrrole nitrogens is 1. The van der Waals surface area contributed by atoms with Crippen molar-refractivity contribution in [2.75, 3.05) is 11.9 Å². The maximum absolute atomic E-state index is 13.4. The summed E-state index contributed by atoms with van der Waals surface area (Å²) in [4.78, 5) is 55.9. The number of carbonyl (C=O) groups is 2. The molecule has 4 aromatic rings. The van der Waals surface area contributed by atoms with Crippen LogP contribution in [0.4, 0.5) is 5.69 Å². The Morgan fingerprint density at radius 2 is 1.50 bits per heavy atom. The van der Waals surface area contributed by atoms with E-state index in [1.807, 2.05) is 60.7 Å². The van der Waals surface area contributed by atoms with Gasteiger partial charge in [0.25, 0.3) is 5.56 Å². The van der Waals surface area contributed by atoms with Crippen LogP contribution in [-0.4, -0.2) is 28.3 Å². The monoisotopic (exact) mass is 455 g/mol. The number of benzene rings is 3. The molecule has 0 radical (unpaired) electrons. The molecular weight excluding hydrogens is 430 g/mol. The Labute approximate surface area is 196 Å². The van der Waals surface area contributed by atoms with Crippen molar-refractivity contribution < 1.29 is 9.59 Å². The predicted molar refractivity (Wildman–Crippen MR) is 132 cm³/mol. The second-order valence-corrected chi connectivity index (χ2v) is 8.23. The van der Waals surface area contributed by atoms with Gasteiger partial charge in [-0.2, -0.15) is 0 Å². The number of rotatable bonds is 8. The van der Waals surface area contributed by atoms with Crippen LogP contribution in [0.3, 0.4) is 0 Å². The number of hydrogen-bond acceptors (Lipinski definition) is 4. The van der Waals surface area contributed by atoms with Crippen molar-refractivity contribution in [2.45, 2.75) is 19.4 Å². The van der Waals surface area contributed by atoms with E-state index >= 15 is 0 Å². The highest BCUT2D eigenvalue weighted by Gasteiger charge is 2.26. The standard InChI is InChI=1S/C27H25N3O4/c1-29(21-12-6-3-7-13-21)25(32)20(16-19-10-4-2-5-11-19)17-22(31)18-30-26(33)23-14-8-9-15-24(23)28-27(30)34/h2-15,20H,16-18H2,1H3,(H,28,34)/t20-/m1/s1. The van der Waals surface area contributed by atoms with Gasteiger partial charge in [0.05, 0.1) is 17.4 Å². The molecule has 172 valence electrons. The van der Waals surface area contributed by atoms with E-state index in [4.69, 9.17) is 0 Å². The highest BCUT2D eigenvalue weighted by Crippen LogP contribution is 2.20. The molecule has 0 bridgehead atoms. The number of nitrogens with one attached hydrogen (secondary N) is 1. The van der Waals surface area contributed by atoms with Crippen molar-refractivity contribution in [3.8, 4) is 0 Å². The van der Waals surface area contributed by atoms with E-state index in [1.54, 1.807) is 31.3 Å². The van der Waals surface area contributed by atoms with E-state index in [1.165, 1.54) is 4.90 Å². The zero-order chi connectivity index (χ0) is 24.1. The highest BCUT2D eigenvalue weighted by molar-refractivity contribution is 5.97. The van der Waals surface area contributed by atoms with E-state index in [0.717, 1.165) is 15.8 Å². The van der Waals surface area contributed by atoms with Gasteiger partial charge in [0.2, 0.25) is 5.91 Å². The maximum Gasteiger partial charge on any atom is 0.329 e. The molecule has 0 aliphatic rings. The minimum Gasteiger partial charge on any atom is -0.315 e. The van der Waals surface area contributed by atoms with Crippen LogP contribution in [0.25, 0.3) is 10.9 Å². The molecule has 34 heavy (non-hydrogen) atoms. The van der Waals surface area contributed by atoms with Crippen molar-refractivity contribution in [3.05, 3.63) is 111 Å². The quantitative estimate of drug-likeness (QED) is 0.442. The molecule has 4 rings (SSSR count). The number of carbonyl (C=O) groups excluding carboxylic acids is 2. The Kier molecular flexibility index (Phi) is 6.82. The summed E-state index contributed by atoms with van der Waals surface area (Å²) in [5.74, 6) is -1.21. The fourth-order valence-corrected chi connectivity index (χ4v) is 4.06. The van der Waals surface area contributed by atoms with Crippen molar-refractivity contribution in [3.63, 3.8) is 0 Å². The van der Waals surface area contributed by atoms with Gasteiger partial charge in [0.1, 0.15) is 0 Å². The van der Waals surface area contributed by atoms with Crippen molar-refractivity contribution >= 4 is 28.3 Å². The largest absolute Gasteiger partial charge is 0.329 e. The fraction of sp³-hybridized carbons (Fsp3) is 0.185. The number of fused-ring (bicyclic) bond motifs is 1. The zero-order valence-electron chi connectivity index (χ0n) is 18.8. The van der Waals surface area contributed by atoms with E-state index in [0.29, 0.717) is 17.3 Å². The third-order valence-electron chi connectivity index (χ3n) is 5.85. The van der Waals surface area contributed by atoms with Crippen molar-refractivity contribution in [1.29, 1.82) is 0 Å². The minimum absolute atomic E-state index is 0.0936. The number of amides is 1. The van der Waals surface area contributed by atoms with Crippen LogP contribution in [-0.2, 0) is 22.6 Å². The van der Waals surface area contributed by atoms with Gasteiger partial charge in [-0.3, -0.25) is 19.0 Å². The molecule has 0 spiro atoms. The highest BCUT2D eigenvalue weighted by atomic mass is 16.2. The second kappa shape index (κ2) is 10.1. The molecule has 1 heterocycles. The molecular formula is C27H25N3O4. The van der Waals surface area contributed by atoms with Crippen LogP contribution in [0.1, 0.15) is 12.0 Å². The molecule has 0 aliphatic heterocycles. The van der Waals surface area contributed by atoms with E-state index < -0.39 is 23.7 Å². The smallest absolute Gasteiger partial charge is 0.315 e. The summed E-state index contributed by atoms with van der Waals surface area (Å²) in [5.41, 5.74) is 0.892. The third kappa shape index (κ3) is 5.04. The average molecular weight is 456 g/mol.